The number of rotatable bonds is 6. The van der Waals surface area contributed by atoms with Gasteiger partial charge in [0.1, 0.15) is 0 Å². The molecule has 0 atom stereocenters. The normalized spacial score (nSPS) is 23.4. The van der Waals surface area contributed by atoms with Crippen LogP contribution in [0.2, 0.25) is 0 Å². The number of nitrogens with two attached hydrogens (primary N) is 1. The van der Waals surface area contributed by atoms with Gasteiger partial charge in [0.2, 0.25) is 0 Å². The van der Waals surface area contributed by atoms with Gasteiger partial charge in [-0.25, -0.2) is 0 Å². The van der Waals surface area contributed by atoms with E-state index in [1.54, 1.807) is 0 Å². The van der Waals surface area contributed by atoms with Gasteiger partial charge in [-0.3, -0.25) is 4.90 Å². The summed E-state index contributed by atoms with van der Waals surface area (Å²) in [7, 11) is 0. The summed E-state index contributed by atoms with van der Waals surface area (Å²) in [6.45, 7) is 7.50. The molecule has 0 amide bonds. The van der Waals surface area contributed by atoms with Gasteiger partial charge in [0, 0.05) is 25.7 Å². The third-order valence-electron chi connectivity index (χ3n) is 4.25. The van der Waals surface area contributed by atoms with Crippen LogP contribution in [-0.4, -0.2) is 24.0 Å². The van der Waals surface area contributed by atoms with Crippen molar-refractivity contribution in [3.05, 3.63) is 35.9 Å². The Labute approximate surface area is 111 Å². The van der Waals surface area contributed by atoms with Crippen LogP contribution >= 0.6 is 0 Å². The minimum Gasteiger partial charge on any atom is -0.329 e. The van der Waals surface area contributed by atoms with E-state index in [1.807, 2.05) is 0 Å². The Balaban J connectivity index is 1.89. The maximum Gasteiger partial charge on any atom is 0.0237 e. The highest BCUT2D eigenvalue weighted by Crippen LogP contribution is 2.37. The van der Waals surface area contributed by atoms with Gasteiger partial charge in [0.25, 0.3) is 0 Å². The Bertz CT molecular complexity index is 341. The van der Waals surface area contributed by atoms with Crippen LogP contribution in [0, 0.1) is 11.8 Å². The highest BCUT2D eigenvalue weighted by molar-refractivity contribution is 5.14. The Hall–Kier alpha value is -0.860. The average molecular weight is 246 g/mol. The van der Waals surface area contributed by atoms with Gasteiger partial charge in [0.05, 0.1) is 0 Å². The topological polar surface area (TPSA) is 29.3 Å². The molecule has 0 radical (unpaired) electrons. The fraction of sp³-hybridized carbons (Fsp3) is 0.625. The Morgan fingerprint density at radius 3 is 2.44 bits per heavy atom. The van der Waals surface area contributed by atoms with E-state index in [4.69, 9.17) is 5.73 Å². The minimum atomic E-state index is 0.751. The van der Waals surface area contributed by atoms with Crippen LogP contribution in [0.1, 0.15) is 32.3 Å². The van der Waals surface area contributed by atoms with Crippen molar-refractivity contribution in [2.75, 3.05) is 13.1 Å². The van der Waals surface area contributed by atoms with E-state index >= 15 is 0 Å². The molecule has 1 aliphatic carbocycles. The Morgan fingerprint density at radius 2 is 1.89 bits per heavy atom. The Kier molecular flexibility index (Phi) is 4.79. The molecule has 1 fully saturated rings. The van der Waals surface area contributed by atoms with Gasteiger partial charge in [-0.1, -0.05) is 44.2 Å². The van der Waals surface area contributed by atoms with Crippen LogP contribution in [0.5, 0.6) is 0 Å². The molecule has 0 aliphatic heterocycles. The highest BCUT2D eigenvalue weighted by Gasteiger charge is 2.34. The zero-order valence-corrected chi connectivity index (χ0v) is 11.7. The summed E-state index contributed by atoms with van der Waals surface area (Å²) in [5.74, 6) is 1.75. The van der Waals surface area contributed by atoms with Crippen molar-refractivity contribution < 1.29 is 0 Å². The molecule has 2 rings (SSSR count). The predicted molar refractivity (Wildman–Crippen MR) is 77.3 cm³/mol. The van der Waals surface area contributed by atoms with Crippen molar-refractivity contribution in [2.45, 2.75) is 39.3 Å². The molecule has 100 valence electrons. The third kappa shape index (κ3) is 3.33. The second-order valence-electron chi connectivity index (χ2n) is 5.87. The van der Waals surface area contributed by atoms with Crippen molar-refractivity contribution in [1.29, 1.82) is 0 Å². The summed E-state index contributed by atoms with van der Waals surface area (Å²) < 4.78 is 0. The van der Waals surface area contributed by atoms with E-state index in [2.05, 4.69) is 49.1 Å². The second kappa shape index (κ2) is 6.35. The first-order valence-corrected chi connectivity index (χ1v) is 7.18. The minimum absolute atomic E-state index is 0.751. The number of nitrogens with zero attached hydrogens (tertiary/aromatic N) is 1. The van der Waals surface area contributed by atoms with Crippen LogP contribution in [0.4, 0.5) is 0 Å². The average Bonchev–Trinajstić information content (AvgIpc) is 2.28. The van der Waals surface area contributed by atoms with E-state index in [9.17, 15) is 0 Å². The molecule has 0 spiro atoms. The monoisotopic (exact) mass is 246 g/mol. The first-order chi connectivity index (χ1) is 8.70. The van der Waals surface area contributed by atoms with Crippen molar-refractivity contribution in [3.63, 3.8) is 0 Å². The molecule has 0 aromatic heterocycles. The third-order valence-corrected chi connectivity index (χ3v) is 4.25. The van der Waals surface area contributed by atoms with E-state index in [0.717, 1.165) is 37.5 Å². The van der Waals surface area contributed by atoms with Gasteiger partial charge in [-0.05, 0) is 30.2 Å². The highest BCUT2D eigenvalue weighted by atomic mass is 15.2. The van der Waals surface area contributed by atoms with Gasteiger partial charge in [0.15, 0.2) is 0 Å². The predicted octanol–water partition coefficient (Wildman–Crippen LogP) is 2.88. The van der Waals surface area contributed by atoms with E-state index in [-0.39, 0.29) is 0 Å². The van der Waals surface area contributed by atoms with Crippen LogP contribution in [0.3, 0.4) is 0 Å². The first kappa shape index (κ1) is 13.6. The van der Waals surface area contributed by atoms with Crippen LogP contribution in [0.15, 0.2) is 30.3 Å². The maximum atomic E-state index is 5.75. The molecular formula is C16H26N2. The summed E-state index contributed by atoms with van der Waals surface area (Å²) in [6, 6.07) is 11.5. The summed E-state index contributed by atoms with van der Waals surface area (Å²) in [4.78, 5) is 2.56. The molecule has 2 N–H and O–H groups in total. The van der Waals surface area contributed by atoms with Crippen LogP contribution in [0.25, 0.3) is 0 Å². The summed E-state index contributed by atoms with van der Waals surface area (Å²) >= 11 is 0. The molecule has 0 saturated heterocycles. The fourth-order valence-corrected chi connectivity index (χ4v) is 2.85. The molecule has 0 bridgehead atoms. The summed E-state index contributed by atoms with van der Waals surface area (Å²) in [5.41, 5.74) is 7.15. The van der Waals surface area contributed by atoms with Gasteiger partial charge in [-0.2, -0.15) is 0 Å². The standard InChI is InChI=1S/C16H26N2/c1-13(2)15-10-16(11-15)18(9-8-17)12-14-6-4-3-5-7-14/h3-7,13,15-16H,8-12,17H2,1-2H3. The van der Waals surface area contributed by atoms with Gasteiger partial charge < -0.3 is 5.73 Å². The van der Waals surface area contributed by atoms with E-state index in [1.165, 1.54) is 18.4 Å². The van der Waals surface area contributed by atoms with Crippen molar-refractivity contribution in [2.24, 2.45) is 17.6 Å². The quantitative estimate of drug-likeness (QED) is 0.836. The lowest BCUT2D eigenvalue weighted by Crippen LogP contribution is -2.47. The van der Waals surface area contributed by atoms with Crippen molar-refractivity contribution in [3.8, 4) is 0 Å². The van der Waals surface area contributed by atoms with Crippen LogP contribution < -0.4 is 5.73 Å². The van der Waals surface area contributed by atoms with Crippen molar-refractivity contribution >= 4 is 0 Å². The molecule has 2 heteroatoms. The summed E-state index contributed by atoms with van der Waals surface area (Å²) in [5, 5.41) is 0. The zero-order valence-electron chi connectivity index (χ0n) is 11.7. The second-order valence-corrected chi connectivity index (χ2v) is 5.87. The molecule has 0 heterocycles. The molecule has 0 unspecified atom stereocenters. The fourth-order valence-electron chi connectivity index (χ4n) is 2.85. The lowest BCUT2D eigenvalue weighted by atomic mass is 9.73. The molecule has 1 aromatic rings. The van der Waals surface area contributed by atoms with E-state index < -0.39 is 0 Å². The molecule has 2 nitrogen and oxygen atoms in total. The van der Waals surface area contributed by atoms with Gasteiger partial charge >= 0.3 is 0 Å². The molecule has 1 aliphatic rings. The van der Waals surface area contributed by atoms with Gasteiger partial charge in [-0.15, -0.1) is 0 Å². The first-order valence-electron chi connectivity index (χ1n) is 7.18. The SMILES string of the molecule is CC(C)C1CC(N(CCN)Cc2ccccc2)C1. The molecule has 1 saturated carbocycles. The van der Waals surface area contributed by atoms with Crippen molar-refractivity contribution in [1.82, 2.24) is 4.90 Å². The van der Waals surface area contributed by atoms with E-state index in [0.29, 0.717) is 0 Å². The largest absolute Gasteiger partial charge is 0.329 e. The van der Waals surface area contributed by atoms with Crippen LogP contribution in [-0.2, 0) is 6.54 Å². The number of hydrogen-bond donors (Lipinski definition) is 1. The lowest BCUT2D eigenvalue weighted by Gasteiger charge is -2.45. The number of hydrogen-bond acceptors (Lipinski definition) is 2. The molecular weight excluding hydrogens is 220 g/mol. The molecule has 1 aromatic carbocycles. The number of benzene rings is 1. The smallest absolute Gasteiger partial charge is 0.0237 e. The Morgan fingerprint density at radius 1 is 1.22 bits per heavy atom. The molecule has 18 heavy (non-hydrogen) atoms. The lowest BCUT2D eigenvalue weighted by molar-refractivity contribution is 0.0520. The zero-order chi connectivity index (χ0) is 13.0. The summed E-state index contributed by atoms with van der Waals surface area (Å²) in [6.07, 6.45) is 2.70. The maximum absolute atomic E-state index is 5.75.